The molecule has 2 aromatic rings. The van der Waals surface area contributed by atoms with Crippen LogP contribution in [0.3, 0.4) is 0 Å². The van der Waals surface area contributed by atoms with Crippen LogP contribution in [0.25, 0.3) is 0 Å². The number of amides is 3. The zero-order valence-electron chi connectivity index (χ0n) is 24.9. The van der Waals surface area contributed by atoms with Crippen molar-refractivity contribution in [3.8, 4) is 5.75 Å². The van der Waals surface area contributed by atoms with Crippen LogP contribution in [-0.4, -0.2) is 59.8 Å². The molecular weight excluding hydrogens is 510 g/mol. The number of nitrogens with one attached hydrogen (secondary N) is 2. The second-order valence-electron chi connectivity index (χ2n) is 10.9. The van der Waals surface area contributed by atoms with Crippen LogP contribution in [0.2, 0.25) is 0 Å². The summed E-state index contributed by atoms with van der Waals surface area (Å²) in [6.07, 6.45) is 2.68. The lowest BCUT2D eigenvalue weighted by Crippen LogP contribution is -2.54. The van der Waals surface area contributed by atoms with Crippen LogP contribution in [0.1, 0.15) is 76.1 Å². The molecule has 2 aromatic carbocycles. The highest BCUT2D eigenvalue weighted by molar-refractivity contribution is 5.99. The lowest BCUT2D eigenvalue weighted by atomic mass is 9.94. The summed E-state index contributed by atoms with van der Waals surface area (Å²) in [7, 11) is 1.56. The fraction of sp³-hybridized carbons (Fsp3) is 0.516. The average Bonchev–Trinajstić information content (AvgIpc) is 2.90. The number of ether oxygens (including phenoxy) is 2. The van der Waals surface area contributed by atoms with Gasteiger partial charge in [-0.25, -0.2) is 4.79 Å². The van der Waals surface area contributed by atoms with Crippen molar-refractivity contribution < 1.29 is 29.0 Å². The summed E-state index contributed by atoms with van der Waals surface area (Å²) in [5.41, 5.74) is 2.29. The molecule has 3 amide bonds. The van der Waals surface area contributed by atoms with Gasteiger partial charge in [0, 0.05) is 12.2 Å². The van der Waals surface area contributed by atoms with E-state index in [2.05, 4.69) is 17.6 Å². The molecule has 0 spiro atoms. The van der Waals surface area contributed by atoms with E-state index in [-0.39, 0.29) is 6.54 Å². The Morgan fingerprint density at radius 1 is 1.00 bits per heavy atom. The maximum absolute atomic E-state index is 14.0. The van der Waals surface area contributed by atoms with Gasteiger partial charge in [0.1, 0.15) is 23.4 Å². The van der Waals surface area contributed by atoms with Crippen molar-refractivity contribution in [3.63, 3.8) is 0 Å². The summed E-state index contributed by atoms with van der Waals surface area (Å²) in [5, 5.41) is 15.6. The first kappa shape index (κ1) is 32.6. The largest absolute Gasteiger partial charge is 0.497 e. The predicted molar refractivity (Wildman–Crippen MR) is 156 cm³/mol. The van der Waals surface area contributed by atoms with E-state index in [0.29, 0.717) is 23.4 Å². The fourth-order valence-electron chi connectivity index (χ4n) is 4.32. The van der Waals surface area contributed by atoms with Crippen molar-refractivity contribution in [3.05, 3.63) is 59.2 Å². The van der Waals surface area contributed by atoms with Crippen molar-refractivity contribution in [2.75, 3.05) is 25.6 Å². The Kier molecular flexibility index (Phi) is 12.4. The number of hydrogen-bond acceptors (Lipinski definition) is 6. The summed E-state index contributed by atoms with van der Waals surface area (Å²) in [4.78, 5) is 41.9. The molecular formula is C31H45N3O6. The van der Waals surface area contributed by atoms with Gasteiger partial charge in [-0.3, -0.25) is 9.59 Å². The van der Waals surface area contributed by atoms with Gasteiger partial charge in [-0.05, 0) is 82.0 Å². The third kappa shape index (κ3) is 9.55. The van der Waals surface area contributed by atoms with Crippen molar-refractivity contribution in [1.82, 2.24) is 10.2 Å². The Bertz CT molecular complexity index is 1130. The second kappa shape index (κ2) is 15.3. The Balaban J connectivity index is 2.52. The molecule has 0 aliphatic rings. The van der Waals surface area contributed by atoms with Crippen molar-refractivity contribution in [2.45, 2.75) is 84.9 Å². The van der Waals surface area contributed by atoms with Gasteiger partial charge in [0.25, 0.3) is 5.91 Å². The highest BCUT2D eigenvalue weighted by Crippen LogP contribution is 2.29. The molecule has 2 rings (SSSR count). The number of aliphatic hydroxyl groups is 1. The molecule has 0 heterocycles. The third-order valence-electron chi connectivity index (χ3n) is 6.57. The Labute approximate surface area is 238 Å². The summed E-state index contributed by atoms with van der Waals surface area (Å²) in [6.45, 7) is 10.7. The van der Waals surface area contributed by atoms with E-state index in [0.717, 1.165) is 30.4 Å². The number of hydrogen-bond donors (Lipinski definition) is 3. The number of anilines is 1. The molecule has 0 saturated carbocycles. The summed E-state index contributed by atoms with van der Waals surface area (Å²) in [6, 6.07) is 10.3. The van der Waals surface area contributed by atoms with Crippen molar-refractivity contribution in [2.24, 2.45) is 0 Å². The van der Waals surface area contributed by atoms with Crippen LogP contribution in [0, 0.1) is 13.8 Å². The van der Waals surface area contributed by atoms with E-state index in [1.807, 2.05) is 32.0 Å². The van der Waals surface area contributed by atoms with Gasteiger partial charge >= 0.3 is 6.09 Å². The molecule has 0 fully saturated rings. The SMILES string of the molecule is CCCCCCN(C(=O)C(CO)NC(=O)OC(C)(C)C)C(C(=O)Nc1ccc(OC)cc1)c1cccc(C)c1C. The first-order valence-corrected chi connectivity index (χ1v) is 13.8. The number of rotatable bonds is 13. The van der Waals surface area contributed by atoms with Crippen molar-refractivity contribution in [1.29, 1.82) is 0 Å². The summed E-state index contributed by atoms with van der Waals surface area (Å²) >= 11 is 0. The topological polar surface area (TPSA) is 117 Å². The lowest BCUT2D eigenvalue weighted by Gasteiger charge is -2.35. The second-order valence-corrected chi connectivity index (χ2v) is 10.9. The smallest absolute Gasteiger partial charge is 0.408 e. The lowest BCUT2D eigenvalue weighted by molar-refractivity contribution is -0.141. The molecule has 0 aliphatic carbocycles. The minimum Gasteiger partial charge on any atom is -0.497 e. The standard InChI is InChI=1S/C31H45N3O6/c1-8-9-10-11-19-34(29(37)26(20-35)33-30(38)40-31(4,5)6)27(25-14-12-13-21(2)22(25)3)28(36)32-23-15-17-24(39-7)18-16-23/h12-18,26-27,35H,8-11,19-20H2,1-7H3,(H,32,36)(H,33,38). The molecule has 220 valence electrons. The van der Waals surface area contributed by atoms with Crippen LogP contribution >= 0.6 is 0 Å². The Hall–Kier alpha value is -3.59. The first-order chi connectivity index (χ1) is 18.9. The van der Waals surface area contributed by atoms with Gasteiger partial charge < -0.3 is 30.1 Å². The third-order valence-corrected chi connectivity index (χ3v) is 6.57. The summed E-state index contributed by atoms with van der Waals surface area (Å²) < 4.78 is 10.5. The minimum atomic E-state index is -1.29. The molecule has 0 saturated heterocycles. The Morgan fingerprint density at radius 2 is 1.68 bits per heavy atom. The number of carbonyl (C=O) groups excluding carboxylic acids is 3. The molecule has 40 heavy (non-hydrogen) atoms. The van der Waals surface area contributed by atoms with Crippen LogP contribution < -0.4 is 15.4 Å². The molecule has 0 aromatic heterocycles. The zero-order valence-corrected chi connectivity index (χ0v) is 24.9. The zero-order chi connectivity index (χ0) is 29.9. The maximum Gasteiger partial charge on any atom is 0.408 e. The highest BCUT2D eigenvalue weighted by Gasteiger charge is 2.36. The van der Waals surface area contributed by atoms with Gasteiger partial charge in [-0.1, -0.05) is 44.4 Å². The number of aliphatic hydroxyl groups excluding tert-OH is 1. The minimum absolute atomic E-state index is 0.263. The molecule has 2 atom stereocenters. The maximum atomic E-state index is 14.0. The van der Waals surface area contributed by atoms with E-state index in [1.54, 1.807) is 52.1 Å². The average molecular weight is 556 g/mol. The first-order valence-electron chi connectivity index (χ1n) is 13.8. The number of methoxy groups -OCH3 is 1. The molecule has 0 radical (unpaired) electrons. The van der Waals surface area contributed by atoms with Crippen LogP contribution in [0.4, 0.5) is 10.5 Å². The normalized spacial score (nSPS) is 12.7. The van der Waals surface area contributed by atoms with Gasteiger partial charge in [0.2, 0.25) is 5.91 Å². The van der Waals surface area contributed by atoms with Gasteiger partial charge in [0.15, 0.2) is 0 Å². The number of nitrogens with zero attached hydrogens (tertiary/aromatic N) is 1. The van der Waals surface area contributed by atoms with Gasteiger partial charge in [-0.15, -0.1) is 0 Å². The van der Waals surface area contributed by atoms with Crippen LogP contribution in [0.15, 0.2) is 42.5 Å². The van der Waals surface area contributed by atoms with E-state index in [4.69, 9.17) is 9.47 Å². The predicted octanol–water partition coefficient (Wildman–Crippen LogP) is 5.29. The number of alkyl carbamates (subject to hydrolysis) is 1. The van der Waals surface area contributed by atoms with E-state index in [1.165, 1.54) is 4.90 Å². The monoisotopic (exact) mass is 555 g/mol. The molecule has 3 N–H and O–H groups in total. The molecule has 9 nitrogen and oxygen atoms in total. The van der Waals surface area contributed by atoms with Crippen LogP contribution in [0.5, 0.6) is 5.75 Å². The van der Waals surface area contributed by atoms with E-state index >= 15 is 0 Å². The molecule has 2 unspecified atom stereocenters. The van der Waals surface area contributed by atoms with Crippen LogP contribution in [-0.2, 0) is 14.3 Å². The fourth-order valence-corrected chi connectivity index (χ4v) is 4.32. The number of aryl methyl sites for hydroxylation is 1. The quantitative estimate of drug-likeness (QED) is 0.289. The van der Waals surface area contributed by atoms with E-state index in [9.17, 15) is 19.5 Å². The number of unbranched alkanes of at least 4 members (excludes halogenated alkanes) is 3. The molecule has 0 aliphatic heterocycles. The molecule has 9 heteroatoms. The number of carbonyl (C=O) groups is 3. The Morgan fingerprint density at radius 3 is 2.25 bits per heavy atom. The van der Waals surface area contributed by atoms with Crippen molar-refractivity contribution >= 4 is 23.6 Å². The van der Waals surface area contributed by atoms with E-state index < -0.39 is 42.2 Å². The highest BCUT2D eigenvalue weighted by atomic mass is 16.6. The number of benzene rings is 2. The molecule has 0 bridgehead atoms. The van der Waals surface area contributed by atoms with Gasteiger partial charge in [-0.2, -0.15) is 0 Å². The van der Waals surface area contributed by atoms with Gasteiger partial charge in [0.05, 0.1) is 13.7 Å². The summed E-state index contributed by atoms with van der Waals surface area (Å²) in [5.74, 6) is -0.326.